The van der Waals surface area contributed by atoms with Crippen LogP contribution in [0.4, 0.5) is 4.79 Å². The number of benzene rings is 2. The van der Waals surface area contributed by atoms with Gasteiger partial charge in [-0.1, -0.05) is 40.9 Å². The molecule has 2 unspecified atom stereocenters. The highest BCUT2D eigenvalue weighted by Crippen LogP contribution is 2.36. The van der Waals surface area contributed by atoms with Gasteiger partial charge >= 0.3 is 6.03 Å². The number of piperazine rings is 1. The van der Waals surface area contributed by atoms with E-state index in [1.165, 1.54) is 10.6 Å². The molecule has 0 radical (unpaired) electrons. The highest BCUT2D eigenvalue weighted by Gasteiger charge is 2.39. The van der Waals surface area contributed by atoms with Crippen LogP contribution in [0.25, 0.3) is 0 Å². The molecule has 184 valence electrons. The maximum absolute atomic E-state index is 13.3. The fourth-order valence-electron chi connectivity index (χ4n) is 4.46. The molecular formula is C23H26Cl3N3O4S. The average Bonchev–Trinajstić information content (AvgIpc) is 3.24. The largest absolute Gasteiger partial charge is 0.493 e. The summed E-state index contributed by atoms with van der Waals surface area (Å²) < 4.78 is 31.0. The Morgan fingerprint density at radius 1 is 0.941 bits per heavy atom. The molecule has 2 aliphatic heterocycles. The van der Waals surface area contributed by atoms with Gasteiger partial charge in [0.1, 0.15) is 5.75 Å². The Balaban J connectivity index is 1.48. The number of carbonyl (C=O) groups excluding carboxylic acids is 1. The number of halogens is 3. The molecule has 34 heavy (non-hydrogen) atoms. The van der Waals surface area contributed by atoms with Crippen molar-refractivity contribution < 1.29 is 17.9 Å². The number of likely N-dealkylation sites (tertiary alicyclic amines) is 1. The molecule has 2 atom stereocenters. The first-order chi connectivity index (χ1) is 16.1. The quantitative estimate of drug-likeness (QED) is 0.556. The minimum Gasteiger partial charge on any atom is -0.493 e. The van der Waals surface area contributed by atoms with Crippen molar-refractivity contribution in [3.8, 4) is 5.75 Å². The number of hydrogen-bond acceptors (Lipinski definition) is 4. The normalized spacial score (nSPS) is 21.6. The van der Waals surface area contributed by atoms with Crippen LogP contribution in [0, 0.1) is 5.92 Å². The number of rotatable bonds is 5. The van der Waals surface area contributed by atoms with Crippen LogP contribution >= 0.6 is 34.8 Å². The summed E-state index contributed by atoms with van der Waals surface area (Å²) in [6.07, 6.45) is 1.19. The third-order valence-electron chi connectivity index (χ3n) is 6.34. The van der Waals surface area contributed by atoms with Gasteiger partial charge in [-0.25, -0.2) is 13.2 Å². The molecule has 2 aliphatic rings. The molecule has 0 spiro atoms. The zero-order chi connectivity index (χ0) is 24.5. The molecule has 2 heterocycles. The van der Waals surface area contributed by atoms with E-state index in [0.29, 0.717) is 66.7 Å². The van der Waals surface area contributed by atoms with Crippen LogP contribution in [0.3, 0.4) is 0 Å². The molecular weight excluding hydrogens is 521 g/mol. The Hall–Kier alpha value is -1.71. The molecule has 0 saturated carbocycles. The first-order valence-corrected chi connectivity index (χ1v) is 13.9. The standard InChI is InChI=1S/C23H26Cl3N3O4S/c1-34(31,32)29-10-8-27(9-11-29)23(30)28-13-17(15-33-19-5-3-18(24)4-6-19)20(14-28)16-2-7-21(25)22(26)12-16/h2-7,12,17,20H,8-11,13-15H2,1H3. The Morgan fingerprint density at radius 3 is 2.24 bits per heavy atom. The molecule has 0 bridgehead atoms. The van der Waals surface area contributed by atoms with Crippen LogP contribution in [0.1, 0.15) is 11.5 Å². The first kappa shape index (κ1) is 25.4. The summed E-state index contributed by atoms with van der Waals surface area (Å²) in [7, 11) is -3.26. The molecule has 2 fully saturated rings. The lowest BCUT2D eigenvalue weighted by molar-refractivity contribution is 0.139. The van der Waals surface area contributed by atoms with Crippen molar-refractivity contribution in [2.45, 2.75) is 5.92 Å². The topological polar surface area (TPSA) is 70.2 Å². The molecule has 2 saturated heterocycles. The van der Waals surface area contributed by atoms with Gasteiger partial charge in [0.05, 0.1) is 22.9 Å². The van der Waals surface area contributed by atoms with E-state index in [1.54, 1.807) is 23.1 Å². The van der Waals surface area contributed by atoms with Crippen LogP contribution in [-0.4, -0.2) is 80.7 Å². The van der Waals surface area contributed by atoms with Crippen molar-refractivity contribution in [3.05, 3.63) is 63.1 Å². The second-order valence-corrected chi connectivity index (χ2v) is 11.9. The van der Waals surface area contributed by atoms with Crippen LogP contribution < -0.4 is 4.74 Å². The van der Waals surface area contributed by atoms with Crippen LogP contribution in [0.5, 0.6) is 5.75 Å². The van der Waals surface area contributed by atoms with Gasteiger partial charge in [-0.05, 0) is 42.0 Å². The van der Waals surface area contributed by atoms with Gasteiger partial charge in [-0.3, -0.25) is 0 Å². The highest BCUT2D eigenvalue weighted by molar-refractivity contribution is 7.88. The number of amides is 2. The van der Waals surface area contributed by atoms with Crippen molar-refractivity contribution >= 4 is 50.9 Å². The molecule has 2 amide bonds. The molecule has 0 aliphatic carbocycles. The summed E-state index contributed by atoms with van der Waals surface area (Å²) >= 11 is 18.4. The van der Waals surface area contributed by atoms with Crippen LogP contribution in [-0.2, 0) is 10.0 Å². The summed E-state index contributed by atoms with van der Waals surface area (Å²) in [6, 6.07) is 12.6. The van der Waals surface area contributed by atoms with Crippen LogP contribution in [0.15, 0.2) is 42.5 Å². The van der Waals surface area contributed by atoms with Crippen molar-refractivity contribution in [2.75, 3.05) is 52.1 Å². The maximum Gasteiger partial charge on any atom is 0.320 e. The number of carbonyl (C=O) groups is 1. The monoisotopic (exact) mass is 545 g/mol. The Kier molecular flexibility index (Phi) is 7.84. The van der Waals surface area contributed by atoms with E-state index < -0.39 is 10.0 Å². The summed E-state index contributed by atoms with van der Waals surface area (Å²) in [4.78, 5) is 16.8. The molecule has 11 heteroatoms. The third kappa shape index (κ3) is 5.91. The van der Waals surface area contributed by atoms with E-state index >= 15 is 0 Å². The minimum absolute atomic E-state index is 0.0170. The second-order valence-electron chi connectivity index (χ2n) is 8.64. The summed E-state index contributed by atoms with van der Waals surface area (Å²) in [6.45, 7) is 2.78. The zero-order valence-electron chi connectivity index (χ0n) is 18.7. The summed E-state index contributed by atoms with van der Waals surface area (Å²) in [5.74, 6) is 0.761. The molecule has 2 aromatic rings. The van der Waals surface area contributed by atoms with Crippen molar-refractivity contribution in [2.24, 2.45) is 5.92 Å². The lowest BCUT2D eigenvalue weighted by Gasteiger charge is -2.35. The van der Waals surface area contributed by atoms with E-state index in [9.17, 15) is 13.2 Å². The highest BCUT2D eigenvalue weighted by atomic mass is 35.5. The minimum atomic E-state index is -3.26. The SMILES string of the molecule is CS(=O)(=O)N1CCN(C(=O)N2CC(COc3ccc(Cl)cc3)C(c3ccc(Cl)c(Cl)c3)C2)CC1. The molecule has 2 aromatic carbocycles. The van der Waals surface area contributed by atoms with Crippen molar-refractivity contribution in [1.82, 2.24) is 14.1 Å². The smallest absolute Gasteiger partial charge is 0.320 e. The van der Waals surface area contributed by atoms with E-state index in [0.717, 1.165) is 5.56 Å². The fraction of sp³-hybridized carbons (Fsp3) is 0.435. The average molecular weight is 547 g/mol. The van der Waals surface area contributed by atoms with Gasteiger partial charge in [0.2, 0.25) is 10.0 Å². The number of urea groups is 1. The lowest BCUT2D eigenvalue weighted by Crippen LogP contribution is -2.53. The van der Waals surface area contributed by atoms with E-state index in [-0.39, 0.29) is 17.9 Å². The maximum atomic E-state index is 13.3. The van der Waals surface area contributed by atoms with Crippen LogP contribution in [0.2, 0.25) is 15.1 Å². The zero-order valence-corrected chi connectivity index (χ0v) is 21.7. The molecule has 0 aromatic heterocycles. The number of nitrogens with zero attached hydrogens (tertiary/aromatic N) is 3. The summed E-state index contributed by atoms with van der Waals surface area (Å²) in [5, 5.41) is 1.59. The summed E-state index contributed by atoms with van der Waals surface area (Å²) in [5.41, 5.74) is 0.997. The van der Waals surface area contributed by atoms with Gasteiger partial charge in [0, 0.05) is 56.1 Å². The fourth-order valence-corrected chi connectivity index (χ4v) is 5.72. The van der Waals surface area contributed by atoms with Gasteiger partial charge in [-0.2, -0.15) is 4.31 Å². The molecule has 7 nitrogen and oxygen atoms in total. The van der Waals surface area contributed by atoms with Gasteiger partial charge in [0.15, 0.2) is 0 Å². The van der Waals surface area contributed by atoms with Gasteiger partial charge in [-0.15, -0.1) is 0 Å². The predicted octanol–water partition coefficient (Wildman–Crippen LogP) is 4.44. The van der Waals surface area contributed by atoms with Gasteiger partial charge in [0.25, 0.3) is 0 Å². The first-order valence-electron chi connectivity index (χ1n) is 10.9. The van der Waals surface area contributed by atoms with Gasteiger partial charge < -0.3 is 14.5 Å². The third-order valence-corrected chi connectivity index (χ3v) is 8.63. The number of sulfonamides is 1. The Bertz CT molecular complexity index is 1140. The second kappa shape index (κ2) is 10.5. The number of ether oxygens (including phenoxy) is 1. The Morgan fingerprint density at radius 2 is 1.62 bits per heavy atom. The molecule has 4 rings (SSSR count). The van der Waals surface area contributed by atoms with E-state index in [2.05, 4.69) is 0 Å². The predicted molar refractivity (Wildman–Crippen MR) is 135 cm³/mol. The van der Waals surface area contributed by atoms with E-state index in [4.69, 9.17) is 39.5 Å². The van der Waals surface area contributed by atoms with Crippen molar-refractivity contribution in [1.29, 1.82) is 0 Å². The number of hydrogen-bond donors (Lipinski definition) is 0. The Labute approximate surface area is 215 Å². The van der Waals surface area contributed by atoms with Crippen molar-refractivity contribution in [3.63, 3.8) is 0 Å². The van der Waals surface area contributed by atoms with E-state index in [1.807, 2.05) is 29.2 Å². The molecule has 0 N–H and O–H groups in total. The lowest BCUT2D eigenvalue weighted by atomic mass is 9.89.